The van der Waals surface area contributed by atoms with Gasteiger partial charge in [0.2, 0.25) is 0 Å². The third kappa shape index (κ3) is 3.40. The van der Waals surface area contributed by atoms with Gasteiger partial charge < -0.3 is 18.6 Å². The zero-order valence-electron chi connectivity index (χ0n) is 22.0. The van der Waals surface area contributed by atoms with Crippen LogP contribution in [0.25, 0.3) is 11.1 Å². The highest BCUT2D eigenvalue weighted by Gasteiger charge is 2.53. The minimum absolute atomic E-state index is 0.144. The molecular formula is C27H37B2O4P. The fourth-order valence-electron chi connectivity index (χ4n) is 5.12. The Balaban J connectivity index is 1.53. The van der Waals surface area contributed by atoms with Crippen molar-refractivity contribution in [3.8, 4) is 11.1 Å². The summed E-state index contributed by atoms with van der Waals surface area (Å²) < 4.78 is 25.4. The molecule has 2 heterocycles. The fourth-order valence-corrected chi connectivity index (χ4v) is 5.56. The van der Waals surface area contributed by atoms with E-state index in [0.717, 1.165) is 17.1 Å². The quantitative estimate of drug-likeness (QED) is 0.483. The van der Waals surface area contributed by atoms with E-state index in [1.165, 1.54) is 22.3 Å². The number of rotatable bonds is 3. The second-order valence-corrected chi connectivity index (χ2v) is 12.7. The van der Waals surface area contributed by atoms with Crippen LogP contribution < -0.4 is 10.9 Å². The molecule has 1 atom stereocenters. The molecule has 2 fully saturated rings. The molecule has 1 aliphatic carbocycles. The van der Waals surface area contributed by atoms with Crippen LogP contribution in [0.4, 0.5) is 0 Å². The van der Waals surface area contributed by atoms with E-state index in [4.69, 9.17) is 18.6 Å². The lowest BCUT2D eigenvalue weighted by atomic mass is 9.73. The molecule has 4 nitrogen and oxygen atoms in total. The van der Waals surface area contributed by atoms with E-state index in [2.05, 4.69) is 108 Å². The molecule has 2 aromatic rings. The van der Waals surface area contributed by atoms with Gasteiger partial charge in [-0.1, -0.05) is 43.3 Å². The molecule has 7 heteroatoms. The van der Waals surface area contributed by atoms with Crippen molar-refractivity contribution in [2.24, 2.45) is 0 Å². The normalized spacial score (nSPS) is 24.9. The van der Waals surface area contributed by atoms with Gasteiger partial charge in [-0.05, 0) is 94.7 Å². The first-order valence-electron chi connectivity index (χ1n) is 12.3. The van der Waals surface area contributed by atoms with Gasteiger partial charge in [0, 0.05) is 5.41 Å². The molecule has 3 aliphatic rings. The zero-order valence-corrected chi connectivity index (χ0v) is 23.2. The Hall–Kier alpha value is -1.16. The lowest BCUT2D eigenvalue weighted by Crippen LogP contribution is -2.41. The molecule has 1 unspecified atom stereocenters. The first-order valence-corrected chi connectivity index (χ1v) is 13.1. The highest BCUT2D eigenvalue weighted by Crippen LogP contribution is 2.49. The van der Waals surface area contributed by atoms with Crippen LogP contribution in [-0.4, -0.2) is 42.8 Å². The Morgan fingerprint density at radius 2 is 0.912 bits per heavy atom. The number of benzene rings is 2. The van der Waals surface area contributed by atoms with Crippen molar-refractivity contribution < 1.29 is 18.6 Å². The molecule has 0 amide bonds. The van der Waals surface area contributed by atoms with E-state index in [0.29, 0.717) is 0 Å². The minimum Gasteiger partial charge on any atom is -0.399 e. The van der Waals surface area contributed by atoms with Crippen LogP contribution in [0, 0.1) is 0 Å². The molecule has 0 bridgehead atoms. The summed E-state index contributed by atoms with van der Waals surface area (Å²) in [6, 6.07) is 13.3. The maximum Gasteiger partial charge on any atom is 0.494 e. The molecule has 2 aliphatic heterocycles. The molecule has 0 N–H and O–H groups in total. The molecule has 2 aromatic carbocycles. The van der Waals surface area contributed by atoms with Crippen molar-refractivity contribution in [1.29, 1.82) is 0 Å². The highest BCUT2D eigenvalue weighted by atomic mass is 31.0. The van der Waals surface area contributed by atoms with Gasteiger partial charge in [-0.25, -0.2) is 0 Å². The summed E-state index contributed by atoms with van der Waals surface area (Å²) in [4.78, 5) is 0. The van der Waals surface area contributed by atoms with E-state index in [1.54, 1.807) is 0 Å². The first-order chi connectivity index (χ1) is 15.6. The Labute approximate surface area is 208 Å². The van der Waals surface area contributed by atoms with Gasteiger partial charge in [0.1, 0.15) is 0 Å². The van der Waals surface area contributed by atoms with Crippen LogP contribution in [-0.2, 0) is 24.0 Å². The van der Waals surface area contributed by atoms with Crippen molar-refractivity contribution in [1.82, 2.24) is 0 Å². The molecule has 0 aromatic heterocycles. The van der Waals surface area contributed by atoms with E-state index < -0.39 is 0 Å². The fraction of sp³-hybridized carbons (Fsp3) is 0.556. The van der Waals surface area contributed by atoms with Crippen molar-refractivity contribution in [2.45, 2.75) is 90.1 Å². The predicted octanol–water partition coefficient (Wildman–Crippen LogP) is 4.45. The SMILES string of the molecule is CC1(CP)c2cc(B3OC(C)(C)C(C)(C)O3)ccc2-c2ccc(B3OC(C)(C)C(C)(C)O3)cc21. The van der Waals surface area contributed by atoms with Crippen LogP contribution in [0.2, 0.25) is 0 Å². The second-order valence-electron chi connectivity index (χ2n) is 12.3. The Morgan fingerprint density at radius 1 is 0.588 bits per heavy atom. The van der Waals surface area contributed by atoms with Crippen LogP contribution in [0.15, 0.2) is 36.4 Å². The molecule has 0 radical (unpaired) electrons. The smallest absolute Gasteiger partial charge is 0.399 e. The monoisotopic (exact) mass is 478 g/mol. The first kappa shape index (κ1) is 24.5. The van der Waals surface area contributed by atoms with E-state index in [9.17, 15) is 0 Å². The number of fused-ring (bicyclic) bond motifs is 3. The number of hydrogen-bond donors (Lipinski definition) is 0. The Bertz CT molecular complexity index is 1040. The van der Waals surface area contributed by atoms with Crippen molar-refractivity contribution in [3.05, 3.63) is 47.5 Å². The third-order valence-corrected chi connectivity index (χ3v) is 9.84. The van der Waals surface area contributed by atoms with Crippen LogP contribution >= 0.6 is 9.24 Å². The summed E-state index contributed by atoms with van der Waals surface area (Å²) in [6.07, 6.45) is 0.909. The molecule has 0 saturated carbocycles. The van der Waals surface area contributed by atoms with Crippen LogP contribution in [0.5, 0.6) is 0 Å². The largest absolute Gasteiger partial charge is 0.494 e. The van der Waals surface area contributed by atoms with Crippen molar-refractivity contribution in [3.63, 3.8) is 0 Å². The Morgan fingerprint density at radius 3 is 1.21 bits per heavy atom. The van der Waals surface area contributed by atoms with E-state index in [1.807, 2.05) is 0 Å². The van der Waals surface area contributed by atoms with Gasteiger partial charge in [-0.2, -0.15) is 0 Å². The standard InChI is InChI=1S/C27H37B2O4P/c1-23(2)24(3,4)31-28(30-23)17-10-12-19-20-13-11-18(29-32-25(5,6)26(7,8)33-29)15-22(20)27(9,16-34)21(19)14-17/h10-15H,16,34H2,1-9H3. The summed E-state index contributed by atoms with van der Waals surface area (Å²) in [7, 11) is 2.23. The molecule has 2 saturated heterocycles. The maximum atomic E-state index is 6.35. The molecule has 5 rings (SSSR count). The predicted molar refractivity (Wildman–Crippen MR) is 144 cm³/mol. The summed E-state index contributed by atoms with van der Waals surface area (Å²) in [5.41, 5.74) is 5.75. The molecule has 0 spiro atoms. The highest BCUT2D eigenvalue weighted by molar-refractivity contribution is 7.16. The average molecular weight is 478 g/mol. The van der Waals surface area contributed by atoms with E-state index >= 15 is 0 Å². The van der Waals surface area contributed by atoms with Crippen molar-refractivity contribution in [2.75, 3.05) is 6.16 Å². The van der Waals surface area contributed by atoms with Crippen LogP contribution in [0.1, 0.15) is 73.4 Å². The summed E-state index contributed by atoms with van der Waals surface area (Å²) >= 11 is 0. The van der Waals surface area contributed by atoms with Gasteiger partial charge >= 0.3 is 14.2 Å². The molecular weight excluding hydrogens is 441 g/mol. The second kappa shape index (κ2) is 7.43. The minimum atomic E-state index is -0.368. The van der Waals surface area contributed by atoms with Gasteiger partial charge in [0.05, 0.1) is 22.4 Å². The van der Waals surface area contributed by atoms with Gasteiger partial charge in [0.15, 0.2) is 0 Å². The van der Waals surface area contributed by atoms with Gasteiger partial charge in [-0.3, -0.25) is 0 Å². The van der Waals surface area contributed by atoms with Crippen LogP contribution in [0.3, 0.4) is 0 Å². The van der Waals surface area contributed by atoms with Gasteiger partial charge in [-0.15, -0.1) is 9.24 Å². The zero-order chi connectivity index (χ0) is 24.9. The summed E-state index contributed by atoms with van der Waals surface area (Å²) in [6.45, 7) is 19.1. The molecule has 180 valence electrons. The lowest BCUT2D eigenvalue weighted by molar-refractivity contribution is 0.00578. The number of hydrogen-bond acceptors (Lipinski definition) is 4. The summed E-state index contributed by atoms with van der Waals surface area (Å²) in [5.74, 6) is 0. The topological polar surface area (TPSA) is 36.9 Å². The average Bonchev–Trinajstić information content (AvgIpc) is 3.23. The van der Waals surface area contributed by atoms with E-state index in [-0.39, 0.29) is 42.1 Å². The molecule has 34 heavy (non-hydrogen) atoms. The third-order valence-electron chi connectivity index (χ3n) is 9.03. The lowest BCUT2D eigenvalue weighted by Gasteiger charge is -2.32. The maximum absolute atomic E-state index is 6.35. The van der Waals surface area contributed by atoms with Gasteiger partial charge in [0.25, 0.3) is 0 Å². The summed E-state index contributed by atoms with van der Waals surface area (Å²) in [5, 5.41) is 0. The Kier molecular flexibility index (Phi) is 5.36. The van der Waals surface area contributed by atoms with Crippen molar-refractivity contribution >= 4 is 34.4 Å².